The summed E-state index contributed by atoms with van der Waals surface area (Å²) in [7, 11) is -5.28. The summed E-state index contributed by atoms with van der Waals surface area (Å²) in [5, 5.41) is 0.0574. The van der Waals surface area contributed by atoms with Gasteiger partial charge in [0.1, 0.15) is 0 Å². The summed E-state index contributed by atoms with van der Waals surface area (Å²) < 4.78 is 11.5. The van der Waals surface area contributed by atoms with Gasteiger partial charge in [-0.25, -0.2) is 0 Å². The van der Waals surface area contributed by atoms with Crippen molar-refractivity contribution in [1.82, 2.24) is 0 Å². The summed E-state index contributed by atoms with van der Waals surface area (Å²) in [4.78, 5) is 32.6. The Morgan fingerprint density at radius 3 is 1.16 bits per heavy atom. The van der Waals surface area contributed by atoms with E-state index in [1.54, 1.807) is 24.3 Å². The molecule has 0 saturated heterocycles. The van der Waals surface area contributed by atoms with Crippen molar-refractivity contribution in [2.24, 2.45) is 0 Å². The summed E-state index contributed by atoms with van der Waals surface area (Å²) in [6, 6.07) is 31.8. The first-order valence-corrected chi connectivity index (χ1v) is 12.3. The first-order chi connectivity index (χ1) is 15.4. The Morgan fingerprint density at radius 2 is 0.812 bits per heavy atom. The van der Waals surface area contributed by atoms with Crippen LogP contribution < -0.4 is 20.1 Å². The average molecular weight is 448 g/mol. The van der Waals surface area contributed by atoms with Crippen LogP contribution in [0.5, 0.6) is 11.5 Å². The fourth-order valence-corrected chi connectivity index (χ4v) is 4.96. The minimum atomic E-state index is -5.28. The van der Waals surface area contributed by atoms with E-state index in [-0.39, 0.29) is 10.6 Å². The molecule has 0 amide bonds. The quantitative estimate of drug-likeness (QED) is 0.354. The molecule has 5 nitrogen and oxygen atoms in total. The predicted molar refractivity (Wildman–Crippen MR) is 127 cm³/mol. The van der Waals surface area contributed by atoms with Crippen LogP contribution in [0.2, 0.25) is 0 Å². The van der Waals surface area contributed by atoms with E-state index in [9.17, 15) is 14.7 Å². The van der Waals surface area contributed by atoms with Crippen molar-refractivity contribution >= 4 is 17.9 Å². The second-order valence-corrected chi connectivity index (χ2v) is 10.5. The van der Waals surface area contributed by atoms with Gasteiger partial charge in [0.2, 0.25) is 0 Å². The molecule has 0 radical (unpaired) electrons. The van der Waals surface area contributed by atoms with E-state index >= 15 is 0 Å². The van der Waals surface area contributed by atoms with Crippen LogP contribution in [0, 0.1) is 0 Å². The van der Waals surface area contributed by atoms with E-state index in [2.05, 4.69) is 0 Å². The molecule has 0 atom stereocenters. The molecule has 6 heteroatoms. The van der Waals surface area contributed by atoms with Crippen molar-refractivity contribution < 1.29 is 24.2 Å². The summed E-state index contributed by atoms with van der Waals surface area (Å²) >= 11 is 0. The Kier molecular flexibility index (Phi) is 6.26. The number of ether oxygens (including phenoxy) is 2. The zero-order valence-corrected chi connectivity index (χ0v) is 18.3. The molecule has 32 heavy (non-hydrogen) atoms. The summed E-state index contributed by atoms with van der Waals surface area (Å²) in [5.74, 6) is 1.13. The molecule has 0 aliphatic carbocycles. The van der Waals surface area contributed by atoms with Crippen LogP contribution >= 0.6 is 7.28 Å². The maximum atomic E-state index is 10.9. The van der Waals surface area contributed by atoms with E-state index < -0.39 is 7.28 Å². The van der Waals surface area contributed by atoms with Gasteiger partial charge in [-0.3, -0.25) is 0 Å². The van der Waals surface area contributed by atoms with Crippen LogP contribution in [-0.4, -0.2) is 14.7 Å². The molecular weight excluding hydrogens is 423 g/mol. The fourth-order valence-electron chi connectivity index (χ4n) is 3.26. The summed E-state index contributed by atoms with van der Waals surface area (Å²) in [6.07, 6.45) is 0. The third-order valence-corrected chi connectivity index (χ3v) is 7.62. The van der Waals surface area contributed by atoms with Crippen LogP contribution in [0.4, 0.5) is 0 Å². The molecule has 3 N–H and O–H groups in total. The van der Waals surface area contributed by atoms with Gasteiger partial charge in [0.25, 0.3) is 0 Å². The van der Waals surface area contributed by atoms with E-state index in [1.807, 2.05) is 60.7 Å². The zero-order valence-electron chi connectivity index (χ0n) is 17.4. The van der Waals surface area contributed by atoms with Gasteiger partial charge in [-0.2, -0.15) is 0 Å². The van der Waals surface area contributed by atoms with Gasteiger partial charge in [0.15, 0.2) is 0 Å². The van der Waals surface area contributed by atoms with Gasteiger partial charge >= 0.3 is 187 Å². The minimum absolute atomic E-state index is 0.0287. The van der Waals surface area contributed by atoms with E-state index in [4.69, 9.17) is 9.47 Å². The molecule has 4 rings (SSSR count). The number of hydrogen-bond acceptors (Lipinski definition) is 5. The van der Waals surface area contributed by atoms with Gasteiger partial charge in [0.05, 0.1) is 0 Å². The molecule has 0 bridgehead atoms. The number of rotatable bonds is 8. The van der Waals surface area contributed by atoms with Crippen molar-refractivity contribution in [2.45, 2.75) is 13.2 Å². The molecular formula is C26H25O5P. The Hall–Kier alpha value is -3.21. The average Bonchev–Trinajstić information content (AvgIpc) is 2.83. The van der Waals surface area contributed by atoms with Gasteiger partial charge in [-0.15, -0.1) is 0 Å². The van der Waals surface area contributed by atoms with Crippen molar-refractivity contribution in [2.75, 3.05) is 0 Å². The molecule has 164 valence electrons. The first kappa shape index (κ1) is 22.0. The molecule has 0 spiro atoms. The Morgan fingerprint density at radius 1 is 0.469 bits per heavy atom. The van der Waals surface area contributed by atoms with Crippen LogP contribution in [-0.2, 0) is 13.2 Å². The van der Waals surface area contributed by atoms with E-state index in [1.165, 1.54) is 24.3 Å². The van der Waals surface area contributed by atoms with Gasteiger partial charge in [0, 0.05) is 0 Å². The van der Waals surface area contributed by atoms with Crippen molar-refractivity contribution in [3.8, 4) is 11.5 Å². The third kappa shape index (κ3) is 5.16. The van der Waals surface area contributed by atoms with Crippen LogP contribution in [0.25, 0.3) is 0 Å². The molecule has 0 unspecified atom stereocenters. The van der Waals surface area contributed by atoms with Crippen molar-refractivity contribution in [3.05, 3.63) is 120 Å². The zero-order chi connectivity index (χ0) is 22.5. The first-order valence-electron chi connectivity index (χ1n) is 10.2. The standard InChI is InChI=1S/C26H25O5P/c27-32(28,29,25-15-11-23(12-16-25)30-19-21-7-3-1-4-8-21)26-17-13-24(14-18-26)31-20-22-9-5-2-6-10-22/h1-18,27-29H,19-20H2. The topological polar surface area (TPSA) is 79.2 Å². The molecule has 0 aliphatic heterocycles. The number of hydrogen-bond donors (Lipinski definition) is 3. The van der Waals surface area contributed by atoms with Crippen LogP contribution in [0.15, 0.2) is 109 Å². The second-order valence-electron chi connectivity index (χ2n) is 7.52. The molecule has 4 aromatic carbocycles. The molecule has 0 saturated carbocycles. The number of benzene rings is 4. The summed E-state index contributed by atoms with van der Waals surface area (Å²) in [6.45, 7) is 0.789. The Balaban J connectivity index is 1.44. The Bertz CT molecular complexity index is 1050. The maximum absolute atomic E-state index is 10.9. The molecule has 0 heterocycles. The Labute approximate surface area is 187 Å². The fraction of sp³-hybridized carbons (Fsp3) is 0.0769. The van der Waals surface area contributed by atoms with Gasteiger partial charge in [-0.1, -0.05) is 0 Å². The monoisotopic (exact) mass is 448 g/mol. The molecule has 0 aromatic heterocycles. The molecule has 4 aromatic rings. The van der Waals surface area contributed by atoms with Crippen molar-refractivity contribution in [3.63, 3.8) is 0 Å². The van der Waals surface area contributed by atoms with Crippen LogP contribution in [0.1, 0.15) is 11.1 Å². The van der Waals surface area contributed by atoms with E-state index in [0.29, 0.717) is 24.7 Å². The second kappa shape index (κ2) is 9.11. The van der Waals surface area contributed by atoms with Crippen molar-refractivity contribution in [1.29, 1.82) is 0 Å². The molecule has 0 aliphatic rings. The predicted octanol–water partition coefficient (Wildman–Crippen LogP) is 4.07. The third-order valence-electron chi connectivity index (χ3n) is 5.12. The normalized spacial score (nSPS) is 12.5. The van der Waals surface area contributed by atoms with Gasteiger partial charge in [-0.05, 0) is 0 Å². The van der Waals surface area contributed by atoms with E-state index in [0.717, 1.165) is 11.1 Å². The molecule has 0 fully saturated rings. The SMILES string of the molecule is OP(O)(O)(c1ccc(OCc2ccccc2)cc1)c1ccc(OCc2ccccc2)cc1. The van der Waals surface area contributed by atoms with Gasteiger partial charge < -0.3 is 0 Å². The summed E-state index contributed by atoms with van der Waals surface area (Å²) in [5.41, 5.74) is 2.05. The van der Waals surface area contributed by atoms with Crippen LogP contribution in [0.3, 0.4) is 0 Å².